The van der Waals surface area contributed by atoms with Crippen molar-refractivity contribution in [2.45, 2.75) is 33.1 Å². The largest absolute Gasteiger partial charge is 0.461 e. The first-order valence-corrected chi connectivity index (χ1v) is 6.09. The summed E-state index contributed by atoms with van der Waals surface area (Å²) in [5.74, 6) is -0.160. The van der Waals surface area contributed by atoms with E-state index in [0.29, 0.717) is 12.4 Å². The van der Waals surface area contributed by atoms with Crippen molar-refractivity contribution in [3.63, 3.8) is 0 Å². The zero-order valence-electron chi connectivity index (χ0n) is 10.6. The van der Waals surface area contributed by atoms with E-state index in [9.17, 15) is 9.59 Å². The standard InChI is InChI=1S/C12H17N3O3/c1-3-18-10(16)8-7-9(15-14-8)13-11(17)12(2)5-4-6-12/h7H,3-6H2,1-2H3,(H2,13,14,15,17). The van der Waals surface area contributed by atoms with Crippen LogP contribution in [-0.2, 0) is 9.53 Å². The van der Waals surface area contributed by atoms with E-state index in [1.165, 1.54) is 6.07 Å². The molecule has 0 unspecified atom stereocenters. The number of nitrogens with zero attached hydrogens (tertiary/aromatic N) is 1. The zero-order chi connectivity index (χ0) is 13.2. The first kappa shape index (κ1) is 12.6. The Hall–Kier alpha value is -1.85. The molecule has 1 aromatic rings. The van der Waals surface area contributed by atoms with Gasteiger partial charge in [0, 0.05) is 11.5 Å². The molecule has 1 heterocycles. The summed E-state index contributed by atoms with van der Waals surface area (Å²) in [6, 6.07) is 1.48. The number of anilines is 1. The maximum absolute atomic E-state index is 11.9. The van der Waals surface area contributed by atoms with Crippen LogP contribution in [0.5, 0.6) is 0 Å². The molecular formula is C12H17N3O3. The number of nitrogens with one attached hydrogen (secondary N) is 2. The number of hydrogen-bond acceptors (Lipinski definition) is 4. The second-order valence-electron chi connectivity index (χ2n) is 4.76. The summed E-state index contributed by atoms with van der Waals surface area (Å²) >= 11 is 0. The third-order valence-corrected chi connectivity index (χ3v) is 3.32. The molecule has 1 aliphatic rings. The number of esters is 1. The predicted molar refractivity (Wildman–Crippen MR) is 65.1 cm³/mol. The number of aromatic nitrogens is 2. The van der Waals surface area contributed by atoms with E-state index in [0.717, 1.165) is 19.3 Å². The van der Waals surface area contributed by atoms with Gasteiger partial charge in [0.25, 0.3) is 0 Å². The summed E-state index contributed by atoms with van der Waals surface area (Å²) < 4.78 is 4.82. The third kappa shape index (κ3) is 2.37. The summed E-state index contributed by atoms with van der Waals surface area (Å²) in [6.07, 6.45) is 2.88. The highest BCUT2D eigenvalue weighted by Gasteiger charge is 2.39. The van der Waals surface area contributed by atoms with E-state index < -0.39 is 5.97 Å². The van der Waals surface area contributed by atoms with Gasteiger partial charge in [0.15, 0.2) is 5.82 Å². The van der Waals surface area contributed by atoms with Crippen LogP contribution in [0.15, 0.2) is 6.07 Å². The highest BCUT2D eigenvalue weighted by Crippen LogP contribution is 2.41. The van der Waals surface area contributed by atoms with Crippen LogP contribution in [0.1, 0.15) is 43.6 Å². The van der Waals surface area contributed by atoms with E-state index in [4.69, 9.17) is 4.74 Å². The number of carbonyl (C=O) groups excluding carboxylic acids is 2. The monoisotopic (exact) mass is 251 g/mol. The van der Waals surface area contributed by atoms with Crippen LogP contribution >= 0.6 is 0 Å². The number of amides is 1. The lowest BCUT2D eigenvalue weighted by molar-refractivity contribution is -0.128. The SMILES string of the molecule is CCOC(=O)c1cc(NC(=O)C2(C)CCC2)n[nH]1. The van der Waals surface area contributed by atoms with Crippen LogP contribution in [-0.4, -0.2) is 28.7 Å². The fraction of sp³-hybridized carbons (Fsp3) is 0.583. The van der Waals surface area contributed by atoms with Crippen LogP contribution in [0.2, 0.25) is 0 Å². The van der Waals surface area contributed by atoms with Gasteiger partial charge in [-0.25, -0.2) is 4.79 Å². The van der Waals surface area contributed by atoms with Gasteiger partial charge in [0.05, 0.1) is 6.61 Å². The van der Waals surface area contributed by atoms with Gasteiger partial charge >= 0.3 is 5.97 Å². The molecule has 0 aromatic carbocycles. The van der Waals surface area contributed by atoms with Crippen molar-refractivity contribution in [1.82, 2.24) is 10.2 Å². The predicted octanol–water partition coefficient (Wildman–Crippen LogP) is 1.72. The lowest BCUT2D eigenvalue weighted by Crippen LogP contribution is -2.39. The first-order chi connectivity index (χ1) is 8.55. The molecule has 0 spiro atoms. The zero-order valence-corrected chi connectivity index (χ0v) is 10.6. The van der Waals surface area contributed by atoms with Gasteiger partial charge in [-0.3, -0.25) is 9.89 Å². The number of rotatable bonds is 4. The first-order valence-electron chi connectivity index (χ1n) is 6.09. The summed E-state index contributed by atoms with van der Waals surface area (Å²) in [4.78, 5) is 23.3. The summed E-state index contributed by atoms with van der Waals surface area (Å²) in [5, 5.41) is 9.13. The van der Waals surface area contributed by atoms with Gasteiger partial charge in [-0.1, -0.05) is 13.3 Å². The van der Waals surface area contributed by atoms with Crippen LogP contribution in [0, 0.1) is 5.41 Å². The molecule has 0 bridgehead atoms. The van der Waals surface area contributed by atoms with Crippen LogP contribution < -0.4 is 5.32 Å². The van der Waals surface area contributed by atoms with Crippen LogP contribution in [0.3, 0.4) is 0 Å². The highest BCUT2D eigenvalue weighted by molar-refractivity contribution is 5.96. The number of carbonyl (C=O) groups is 2. The fourth-order valence-corrected chi connectivity index (χ4v) is 1.90. The molecule has 0 aliphatic heterocycles. The molecule has 6 heteroatoms. The Kier molecular flexibility index (Phi) is 3.36. The van der Waals surface area contributed by atoms with Crippen molar-refractivity contribution in [2.24, 2.45) is 5.41 Å². The Morgan fingerprint density at radius 2 is 2.28 bits per heavy atom. The quantitative estimate of drug-likeness (QED) is 0.798. The van der Waals surface area contributed by atoms with Crippen molar-refractivity contribution < 1.29 is 14.3 Å². The van der Waals surface area contributed by atoms with E-state index in [1.807, 2.05) is 6.92 Å². The van der Waals surface area contributed by atoms with Gasteiger partial charge in [-0.2, -0.15) is 5.10 Å². The Bertz CT molecular complexity index is 463. The van der Waals surface area contributed by atoms with Crippen molar-refractivity contribution in [3.8, 4) is 0 Å². The summed E-state index contributed by atoms with van der Waals surface area (Å²) in [6.45, 7) is 3.97. The second kappa shape index (κ2) is 4.80. The molecule has 98 valence electrons. The smallest absolute Gasteiger partial charge is 0.356 e. The van der Waals surface area contributed by atoms with E-state index in [-0.39, 0.29) is 17.0 Å². The second-order valence-corrected chi connectivity index (χ2v) is 4.76. The molecule has 0 saturated heterocycles. The fourth-order valence-electron chi connectivity index (χ4n) is 1.90. The minimum atomic E-state index is -0.472. The molecule has 2 rings (SSSR count). The topological polar surface area (TPSA) is 84.1 Å². The number of hydrogen-bond donors (Lipinski definition) is 2. The average molecular weight is 251 g/mol. The highest BCUT2D eigenvalue weighted by atomic mass is 16.5. The molecule has 1 saturated carbocycles. The minimum Gasteiger partial charge on any atom is -0.461 e. The van der Waals surface area contributed by atoms with Crippen molar-refractivity contribution >= 4 is 17.7 Å². The van der Waals surface area contributed by atoms with E-state index in [2.05, 4.69) is 15.5 Å². The Morgan fingerprint density at radius 1 is 1.56 bits per heavy atom. The molecule has 2 N–H and O–H groups in total. The Morgan fingerprint density at radius 3 is 2.83 bits per heavy atom. The normalized spacial score (nSPS) is 16.8. The van der Waals surface area contributed by atoms with Crippen LogP contribution in [0.4, 0.5) is 5.82 Å². The summed E-state index contributed by atoms with van der Waals surface area (Å²) in [5.41, 5.74) is -0.0471. The molecule has 1 aromatic heterocycles. The van der Waals surface area contributed by atoms with Gasteiger partial charge in [-0.05, 0) is 19.8 Å². The third-order valence-electron chi connectivity index (χ3n) is 3.32. The summed E-state index contributed by atoms with van der Waals surface area (Å²) in [7, 11) is 0. The molecule has 18 heavy (non-hydrogen) atoms. The Balaban J connectivity index is 1.98. The average Bonchev–Trinajstić information content (AvgIpc) is 2.74. The van der Waals surface area contributed by atoms with Gasteiger partial charge < -0.3 is 10.1 Å². The molecule has 1 fully saturated rings. The van der Waals surface area contributed by atoms with Crippen molar-refractivity contribution in [3.05, 3.63) is 11.8 Å². The molecule has 1 amide bonds. The minimum absolute atomic E-state index is 0.0457. The van der Waals surface area contributed by atoms with Gasteiger partial charge in [0.2, 0.25) is 5.91 Å². The maximum Gasteiger partial charge on any atom is 0.356 e. The van der Waals surface area contributed by atoms with Crippen molar-refractivity contribution in [1.29, 1.82) is 0 Å². The van der Waals surface area contributed by atoms with Crippen molar-refractivity contribution in [2.75, 3.05) is 11.9 Å². The molecule has 6 nitrogen and oxygen atoms in total. The number of ether oxygens (including phenoxy) is 1. The lowest BCUT2D eigenvalue weighted by Gasteiger charge is -2.36. The van der Waals surface area contributed by atoms with E-state index in [1.54, 1.807) is 6.92 Å². The lowest BCUT2D eigenvalue weighted by atomic mass is 9.70. The van der Waals surface area contributed by atoms with E-state index >= 15 is 0 Å². The number of H-pyrrole nitrogens is 1. The number of aromatic amines is 1. The molecule has 1 aliphatic carbocycles. The van der Waals surface area contributed by atoms with Crippen LogP contribution in [0.25, 0.3) is 0 Å². The molecule has 0 atom stereocenters. The maximum atomic E-state index is 11.9. The van der Waals surface area contributed by atoms with Gasteiger partial charge in [0.1, 0.15) is 5.69 Å². The Labute approximate surface area is 105 Å². The molecule has 0 radical (unpaired) electrons. The molecular weight excluding hydrogens is 234 g/mol. The van der Waals surface area contributed by atoms with Gasteiger partial charge in [-0.15, -0.1) is 0 Å².